The molecule has 2 atom stereocenters. The normalized spacial score (nSPS) is 20.9. The summed E-state index contributed by atoms with van der Waals surface area (Å²) in [4.78, 5) is 14.0. The summed E-state index contributed by atoms with van der Waals surface area (Å²) in [5.41, 5.74) is 0.354. The molecular weight excluding hydrogens is 345 g/mol. The zero-order valence-corrected chi connectivity index (χ0v) is 14.1. The average molecular weight is 362 g/mol. The van der Waals surface area contributed by atoms with Crippen LogP contribution in [0.3, 0.4) is 0 Å². The quantitative estimate of drug-likeness (QED) is 0.716. The van der Waals surface area contributed by atoms with Crippen molar-refractivity contribution in [3.05, 3.63) is 47.9 Å². The molecule has 9 heteroatoms. The molecular formula is C17H17F3N6. The Labute approximate surface area is 147 Å². The van der Waals surface area contributed by atoms with Gasteiger partial charge in [0.05, 0.1) is 11.9 Å². The van der Waals surface area contributed by atoms with E-state index in [1.165, 1.54) is 29.2 Å². The Kier molecular flexibility index (Phi) is 4.21. The summed E-state index contributed by atoms with van der Waals surface area (Å²) in [6.07, 6.45) is 0.670. The molecule has 0 bridgehead atoms. The summed E-state index contributed by atoms with van der Waals surface area (Å²) >= 11 is 0. The van der Waals surface area contributed by atoms with Gasteiger partial charge < -0.3 is 4.90 Å². The minimum absolute atomic E-state index is 0.0553. The van der Waals surface area contributed by atoms with Crippen LogP contribution in [0.25, 0.3) is 5.78 Å². The van der Waals surface area contributed by atoms with E-state index in [-0.39, 0.29) is 23.3 Å². The van der Waals surface area contributed by atoms with E-state index in [1.54, 1.807) is 6.07 Å². The minimum atomic E-state index is -2.68. The van der Waals surface area contributed by atoms with Crippen LogP contribution in [0.4, 0.5) is 19.0 Å². The Morgan fingerprint density at radius 2 is 2.08 bits per heavy atom. The average Bonchev–Trinajstić information content (AvgIpc) is 3.11. The number of piperidine rings is 1. The highest BCUT2D eigenvalue weighted by Crippen LogP contribution is 2.34. The lowest BCUT2D eigenvalue weighted by atomic mass is 9.84. The van der Waals surface area contributed by atoms with Gasteiger partial charge in [0.1, 0.15) is 23.7 Å². The van der Waals surface area contributed by atoms with E-state index in [2.05, 4.69) is 27.0 Å². The van der Waals surface area contributed by atoms with E-state index in [1.807, 2.05) is 4.90 Å². The number of halogens is 3. The molecule has 136 valence electrons. The highest BCUT2D eigenvalue weighted by atomic mass is 19.3. The van der Waals surface area contributed by atoms with Gasteiger partial charge in [-0.1, -0.05) is 6.92 Å². The molecule has 0 aromatic carbocycles. The number of rotatable bonds is 3. The molecule has 1 aliphatic rings. The maximum Gasteiger partial charge on any atom is 0.280 e. The van der Waals surface area contributed by atoms with Crippen molar-refractivity contribution < 1.29 is 13.2 Å². The number of nitrogens with zero attached hydrogens (tertiary/aromatic N) is 6. The van der Waals surface area contributed by atoms with Gasteiger partial charge in [0, 0.05) is 19.0 Å². The van der Waals surface area contributed by atoms with Crippen molar-refractivity contribution in [2.75, 3.05) is 18.0 Å². The van der Waals surface area contributed by atoms with E-state index in [0.717, 1.165) is 13.0 Å². The first kappa shape index (κ1) is 16.7. The molecule has 0 aliphatic carbocycles. The molecule has 3 aromatic heterocycles. The van der Waals surface area contributed by atoms with Crippen molar-refractivity contribution in [1.29, 1.82) is 0 Å². The molecule has 3 aromatic rings. The maximum atomic E-state index is 13.2. The topological polar surface area (TPSA) is 59.2 Å². The largest absolute Gasteiger partial charge is 0.356 e. The van der Waals surface area contributed by atoms with Crippen LogP contribution in [0.15, 0.2) is 30.7 Å². The molecule has 0 amide bonds. The van der Waals surface area contributed by atoms with Crippen molar-refractivity contribution >= 4 is 11.6 Å². The Bertz CT molecular complexity index is 911. The van der Waals surface area contributed by atoms with Gasteiger partial charge in [-0.15, -0.1) is 0 Å². The summed E-state index contributed by atoms with van der Waals surface area (Å²) in [5, 5.41) is 4.15. The van der Waals surface area contributed by atoms with Gasteiger partial charge in [0.2, 0.25) is 0 Å². The van der Waals surface area contributed by atoms with Crippen LogP contribution in [0.2, 0.25) is 0 Å². The van der Waals surface area contributed by atoms with Crippen molar-refractivity contribution in [1.82, 2.24) is 24.6 Å². The van der Waals surface area contributed by atoms with Crippen molar-refractivity contribution in [3.8, 4) is 0 Å². The summed E-state index contributed by atoms with van der Waals surface area (Å²) in [6.45, 7) is 3.43. The summed E-state index contributed by atoms with van der Waals surface area (Å²) in [5.74, 6) is 0.645. The minimum Gasteiger partial charge on any atom is -0.356 e. The second kappa shape index (κ2) is 6.54. The Morgan fingerprint density at radius 3 is 2.81 bits per heavy atom. The van der Waals surface area contributed by atoms with E-state index in [9.17, 15) is 13.2 Å². The molecule has 0 radical (unpaired) electrons. The number of fused-ring (bicyclic) bond motifs is 1. The fourth-order valence-corrected chi connectivity index (χ4v) is 3.45. The molecule has 0 saturated carbocycles. The smallest absolute Gasteiger partial charge is 0.280 e. The Morgan fingerprint density at radius 1 is 1.23 bits per heavy atom. The molecule has 4 heterocycles. The molecule has 26 heavy (non-hydrogen) atoms. The first-order valence-corrected chi connectivity index (χ1v) is 8.38. The van der Waals surface area contributed by atoms with E-state index in [4.69, 9.17) is 0 Å². The predicted molar refractivity (Wildman–Crippen MR) is 88.7 cm³/mol. The molecule has 0 N–H and O–H groups in total. The number of alkyl halides is 2. The molecule has 1 aliphatic heterocycles. The third kappa shape index (κ3) is 2.97. The SMILES string of the molecule is C[C@@H]1CCN(c2ccc(F)cn2)C[C@H]1c1cc(C(F)F)nc2ncnn12. The molecule has 6 nitrogen and oxygen atoms in total. The zero-order valence-electron chi connectivity index (χ0n) is 14.1. The Hall–Kier alpha value is -2.71. The van der Waals surface area contributed by atoms with E-state index in [0.29, 0.717) is 18.1 Å². The maximum absolute atomic E-state index is 13.2. The van der Waals surface area contributed by atoms with Gasteiger partial charge in [-0.25, -0.2) is 27.7 Å². The first-order valence-electron chi connectivity index (χ1n) is 8.38. The molecule has 4 rings (SSSR count). The third-order valence-corrected chi connectivity index (χ3v) is 4.90. The van der Waals surface area contributed by atoms with Crippen LogP contribution in [-0.2, 0) is 0 Å². The first-order chi connectivity index (χ1) is 12.5. The fraction of sp³-hybridized carbons (Fsp3) is 0.412. The number of pyridine rings is 1. The van der Waals surface area contributed by atoms with Crippen LogP contribution in [-0.4, -0.2) is 37.7 Å². The number of aromatic nitrogens is 5. The molecule has 1 saturated heterocycles. The van der Waals surface area contributed by atoms with Gasteiger partial charge in [-0.05, 0) is 30.5 Å². The monoisotopic (exact) mass is 362 g/mol. The van der Waals surface area contributed by atoms with Crippen molar-refractivity contribution in [3.63, 3.8) is 0 Å². The molecule has 0 spiro atoms. The lowest BCUT2D eigenvalue weighted by Crippen LogP contribution is -2.39. The zero-order chi connectivity index (χ0) is 18.3. The number of anilines is 1. The van der Waals surface area contributed by atoms with Crippen LogP contribution in [0.5, 0.6) is 0 Å². The predicted octanol–water partition coefficient (Wildman–Crippen LogP) is 3.23. The van der Waals surface area contributed by atoms with Crippen LogP contribution < -0.4 is 4.90 Å². The van der Waals surface area contributed by atoms with Gasteiger partial charge in [0.25, 0.3) is 12.2 Å². The van der Waals surface area contributed by atoms with E-state index < -0.39 is 12.2 Å². The lowest BCUT2D eigenvalue weighted by molar-refractivity contribution is 0.146. The number of hydrogen-bond donors (Lipinski definition) is 0. The Balaban J connectivity index is 1.72. The lowest BCUT2D eigenvalue weighted by Gasteiger charge is -2.38. The second-order valence-corrected chi connectivity index (χ2v) is 6.53. The van der Waals surface area contributed by atoms with Crippen LogP contribution in [0.1, 0.15) is 37.1 Å². The van der Waals surface area contributed by atoms with Gasteiger partial charge in [-0.3, -0.25) is 0 Å². The molecule has 1 fully saturated rings. The summed E-state index contributed by atoms with van der Waals surface area (Å²) in [6, 6.07) is 4.41. The number of hydrogen-bond acceptors (Lipinski definition) is 5. The van der Waals surface area contributed by atoms with Gasteiger partial charge in [0.15, 0.2) is 0 Å². The van der Waals surface area contributed by atoms with Crippen LogP contribution in [0, 0.1) is 11.7 Å². The second-order valence-electron chi connectivity index (χ2n) is 6.53. The molecule has 0 unspecified atom stereocenters. The van der Waals surface area contributed by atoms with Gasteiger partial charge in [-0.2, -0.15) is 10.1 Å². The van der Waals surface area contributed by atoms with E-state index >= 15 is 0 Å². The van der Waals surface area contributed by atoms with Crippen molar-refractivity contribution in [2.24, 2.45) is 5.92 Å². The fourth-order valence-electron chi connectivity index (χ4n) is 3.45. The highest BCUT2D eigenvalue weighted by molar-refractivity contribution is 5.41. The van der Waals surface area contributed by atoms with Gasteiger partial charge >= 0.3 is 0 Å². The summed E-state index contributed by atoms with van der Waals surface area (Å²) < 4.78 is 41.2. The van der Waals surface area contributed by atoms with Crippen LogP contribution >= 0.6 is 0 Å². The third-order valence-electron chi connectivity index (χ3n) is 4.90. The van der Waals surface area contributed by atoms with Crippen molar-refractivity contribution in [2.45, 2.75) is 25.7 Å². The standard InChI is InChI=1S/C17H17F3N6/c1-10-4-5-25(15-3-2-11(18)7-21-15)8-12(10)14-6-13(16(19)20)24-17-22-9-23-26(14)17/h2-3,6-7,9-10,12,16H,4-5,8H2,1H3/t10-,12-/m1/s1. The highest BCUT2D eigenvalue weighted by Gasteiger charge is 2.31. The summed E-state index contributed by atoms with van der Waals surface area (Å²) in [7, 11) is 0.